The highest BCUT2D eigenvalue weighted by Crippen LogP contribution is 2.53. The summed E-state index contributed by atoms with van der Waals surface area (Å²) in [6.07, 6.45) is 8.44. The highest BCUT2D eigenvalue weighted by atomic mass is 31.2. The van der Waals surface area contributed by atoms with E-state index >= 15 is 0 Å². The van der Waals surface area contributed by atoms with E-state index in [2.05, 4.69) is 13.8 Å². The second kappa shape index (κ2) is 6.50. The largest absolute Gasteiger partial charge is 0.325 e. The standard InChI is InChI=1S/C12H23O2P/c1-3-5-8-12(4-2)11-14-15(13)9-6-7-10-15/h6,9,12H,3-5,7-8,10-11H2,1-2H3. The van der Waals surface area contributed by atoms with E-state index in [1.54, 1.807) is 5.82 Å². The van der Waals surface area contributed by atoms with Crippen molar-refractivity contribution in [3.05, 3.63) is 11.9 Å². The molecule has 0 aromatic heterocycles. The van der Waals surface area contributed by atoms with Crippen LogP contribution in [-0.2, 0) is 9.09 Å². The lowest BCUT2D eigenvalue weighted by Crippen LogP contribution is -2.07. The smallest absolute Gasteiger partial charge is 0.225 e. The summed E-state index contributed by atoms with van der Waals surface area (Å²) in [5.74, 6) is 2.38. The fraction of sp³-hybridized carbons (Fsp3) is 0.833. The third-order valence-corrected chi connectivity index (χ3v) is 5.14. The van der Waals surface area contributed by atoms with Crippen molar-refractivity contribution in [1.29, 1.82) is 0 Å². The Morgan fingerprint density at radius 1 is 1.47 bits per heavy atom. The number of unbranched alkanes of at least 4 members (excludes halogenated alkanes) is 1. The molecule has 0 aliphatic carbocycles. The average Bonchev–Trinajstić information content (AvgIpc) is 2.66. The second-order valence-corrected chi connectivity index (χ2v) is 6.79. The maximum atomic E-state index is 12.0. The molecule has 0 saturated carbocycles. The molecule has 1 rings (SSSR count). The van der Waals surface area contributed by atoms with E-state index < -0.39 is 7.37 Å². The SMILES string of the molecule is CCCCC(CC)COP1(=O)C=CCC1. The van der Waals surface area contributed by atoms with E-state index in [9.17, 15) is 4.57 Å². The van der Waals surface area contributed by atoms with Crippen molar-refractivity contribution in [2.75, 3.05) is 12.8 Å². The van der Waals surface area contributed by atoms with Crippen LogP contribution in [-0.4, -0.2) is 12.8 Å². The van der Waals surface area contributed by atoms with E-state index in [4.69, 9.17) is 4.52 Å². The van der Waals surface area contributed by atoms with Gasteiger partial charge in [-0.25, -0.2) is 0 Å². The van der Waals surface area contributed by atoms with Crippen LogP contribution in [0.4, 0.5) is 0 Å². The van der Waals surface area contributed by atoms with E-state index in [-0.39, 0.29) is 0 Å². The Morgan fingerprint density at radius 3 is 2.80 bits per heavy atom. The first kappa shape index (κ1) is 13.0. The normalized spacial score (nSPS) is 27.1. The maximum Gasteiger partial charge on any atom is 0.225 e. The predicted octanol–water partition coefficient (Wildman–Crippen LogP) is 4.41. The molecule has 15 heavy (non-hydrogen) atoms. The van der Waals surface area contributed by atoms with Crippen molar-refractivity contribution in [3.63, 3.8) is 0 Å². The van der Waals surface area contributed by atoms with Crippen molar-refractivity contribution < 1.29 is 9.09 Å². The molecule has 3 heteroatoms. The molecule has 0 fully saturated rings. The minimum Gasteiger partial charge on any atom is -0.325 e. The van der Waals surface area contributed by atoms with Crippen LogP contribution in [0, 0.1) is 5.92 Å². The fourth-order valence-electron chi connectivity index (χ4n) is 1.80. The summed E-state index contributed by atoms with van der Waals surface area (Å²) in [4.78, 5) is 0. The van der Waals surface area contributed by atoms with Gasteiger partial charge in [-0.1, -0.05) is 39.2 Å². The maximum absolute atomic E-state index is 12.0. The zero-order valence-electron chi connectivity index (χ0n) is 9.95. The molecular weight excluding hydrogens is 207 g/mol. The van der Waals surface area contributed by atoms with Gasteiger partial charge in [0.15, 0.2) is 0 Å². The van der Waals surface area contributed by atoms with Crippen molar-refractivity contribution in [2.45, 2.75) is 46.0 Å². The van der Waals surface area contributed by atoms with Crippen LogP contribution in [0.15, 0.2) is 11.9 Å². The lowest BCUT2D eigenvalue weighted by molar-refractivity contribution is 0.238. The van der Waals surface area contributed by atoms with Gasteiger partial charge in [-0.15, -0.1) is 0 Å². The molecule has 88 valence electrons. The molecule has 0 spiro atoms. The third-order valence-electron chi connectivity index (χ3n) is 3.01. The van der Waals surface area contributed by atoms with Crippen LogP contribution in [0.25, 0.3) is 0 Å². The molecule has 2 nitrogen and oxygen atoms in total. The summed E-state index contributed by atoms with van der Waals surface area (Å²) in [7, 11) is -2.35. The van der Waals surface area contributed by atoms with Gasteiger partial charge in [0.05, 0.1) is 6.61 Å². The van der Waals surface area contributed by atoms with Gasteiger partial charge in [0.1, 0.15) is 0 Å². The van der Waals surface area contributed by atoms with Crippen LogP contribution >= 0.6 is 7.37 Å². The first-order valence-electron chi connectivity index (χ1n) is 6.11. The number of hydrogen-bond donors (Lipinski definition) is 0. The first-order valence-corrected chi connectivity index (χ1v) is 7.99. The van der Waals surface area contributed by atoms with E-state index in [1.165, 1.54) is 19.3 Å². The predicted molar refractivity (Wildman–Crippen MR) is 65.5 cm³/mol. The van der Waals surface area contributed by atoms with E-state index in [0.29, 0.717) is 12.5 Å². The molecule has 0 saturated heterocycles. The van der Waals surface area contributed by atoms with Gasteiger partial charge in [-0.3, -0.25) is 4.57 Å². The average molecular weight is 230 g/mol. The van der Waals surface area contributed by atoms with Crippen LogP contribution in [0.3, 0.4) is 0 Å². The van der Waals surface area contributed by atoms with Crippen LogP contribution in [0.2, 0.25) is 0 Å². The van der Waals surface area contributed by atoms with Crippen LogP contribution < -0.4 is 0 Å². The molecule has 2 unspecified atom stereocenters. The molecule has 1 aliphatic heterocycles. The van der Waals surface area contributed by atoms with Gasteiger partial charge in [-0.05, 0) is 24.6 Å². The summed E-state index contributed by atoms with van der Waals surface area (Å²) in [5, 5.41) is 0. The molecule has 0 amide bonds. The first-order chi connectivity index (χ1) is 7.20. The van der Waals surface area contributed by atoms with E-state index in [0.717, 1.165) is 19.0 Å². The van der Waals surface area contributed by atoms with Gasteiger partial charge in [0, 0.05) is 6.16 Å². The highest BCUT2D eigenvalue weighted by Gasteiger charge is 2.23. The minimum atomic E-state index is -2.35. The summed E-state index contributed by atoms with van der Waals surface area (Å²) in [6, 6.07) is 0. The van der Waals surface area contributed by atoms with Gasteiger partial charge in [-0.2, -0.15) is 0 Å². The zero-order chi connectivity index (χ0) is 11.1. The summed E-state index contributed by atoms with van der Waals surface area (Å²) >= 11 is 0. The molecule has 2 atom stereocenters. The fourth-order valence-corrected chi connectivity index (χ4v) is 3.61. The third kappa shape index (κ3) is 4.53. The Morgan fingerprint density at radius 2 is 2.27 bits per heavy atom. The van der Waals surface area contributed by atoms with Gasteiger partial charge < -0.3 is 4.52 Å². The Hall–Kier alpha value is -0.0700. The lowest BCUT2D eigenvalue weighted by atomic mass is 10.0. The number of allylic oxidation sites excluding steroid dienone is 1. The van der Waals surface area contributed by atoms with Crippen LogP contribution in [0.1, 0.15) is 46.0 Å². The summed E-state index contributed by atoms with van der Waals surface area (Å²) in [5.41, 5.74) is 0. The molecule has 1 heterocycles. The van der Waals surface area contributed by atoms with Gasteiger partial charge in [0.25, 0.3) is 0 Å². The number of hydrogen-bond acceptors (Lipinski definition) is 2. The number of rotatable bonds is 7. The Labute approximate surface area is 93.5 Å². The molecule has 0 radical (unpaired) electrons. The summed E-state index contributed by atoms with van der Waals surface area (Å²) < 4.78 is 17.6. The van der Waals surface area contributed by atoms with Gasteiger partial charge >= 0.3 is 0 Å². The zero-order valence-corrected chi connectivity index (χ0v) is 10.8. The quantitative estimate of drug-likeness (QED) is 0.605. The van der Waals surface area contributed by atoms with Crippen LogP contribution in [0.5, 0.6) is 0 Å². The van der Waals surface area contributed by atoms with Crippen molar-refractivity contribution >= 4 is 7.37 Å². The monoisotopic (exact) mass is 230 g/mol. The molecule has 1 aliphatic rings. The molecule has 0 aromatic rings. The van der Waals surface area contributed by atoms with Crippen molar-refractivity contribution in [1.82, 2.24) is 0 Å². The molecule has 0 aromatic carbocycles. The second-order valence-electron chi connectivity index (χ2n) is 4.34. The molecular formula is C12H23O2P. The summed E-state index contributed by atoms with van der Waals surface area (Å²) in [6.45, 7) is 5.07. The Bertz CT molecular complexity index is 248. The lowest BCUT2D eigenvalue weighted by Gasteiger charge is -2.17. The van der Waals surface area contributed by atoms with Crippen molar-refractivity contribution in [2.24, 2.45) is 5.92 Å². The minimum absolute atomic E-state index is 0.588. The Kier molecular flexibility index (Phi) is 5.63. The Balaban J connectivity index is 2.27. The topological polar surface area (TPSA) is 26.3 Å². The van der Waals surface area contributed by atoms with Crippen molar-refractivity contribution in [3.8, 4) is 0 Å². The molecule has 0 bridgehead atoms. The van der Waals surface area contributed by atoms with E-state index in [1.807, 2.05) is 6.08 Å². The molecule has 0 N–H and O–H groups in total. The highest BCUT2D eigenvalue weighted by molar-refractivity contribution is 7.62. The van der Waals surface area contributed by atoms with Gasteiger partial charge in [0.2, 0.25) is 7.37 Å².